The normalized spacial score (nSPS) is 16.5. The Labute approximate surface area is 167 Å². The van der Waals surface area contributed by atoms with Crippen LogP contribution in [0.2, 0.25) is 0 Å². The van der Waals surface area contributed by atoms with Gasteiger partial charge in [-0.1, -0.05) is 29.8 Å². The van der Waals surface area contributed by atoms with Crippen LogP contribution in [-0.2, 0) is 21.4 Å². The molecule has 7 heteroatoms. The highest BCUT2D eigenvalue weighted by atomic mass is 32.2. The number of nitrogens with zero attached hydrogens (tertiary/aromatic N) is 2. The minimum Gasteiger partial charge on any atom is -0.326 e. The largest absolute Gasteiger partial charge is 0.326 e. The molecule has 1 saturated heterocycles. The Morgan fingerprint density at radius 2 is 1.64 bits per heavy atom. The number of amides is 1. The van der Waals surface area contributed by atoms with E-state index >= 15 is 0 Å². The van der Waals surface area contributed by atoms with Crippen LogP contribution in [0.5, 0.6) is 0 Å². The second-order valence-corrected chi connectivity index (χ2v) is 9.16. The second kappa shape index (κ2) is 8.86. The Kier molecular flexibility index (Phi) is 6.49. The fourth-order valence-electron chi connectivity index (χ4n) is 3.36. The lowest BCUT2D eigenvalue weighted by atomic mass is 10.1. The van der Waals surface area contributed by atoms with E-state index in [1.165, 1.54) is 18.1 Å². The molecule has 1 aliphatic heterocycles. The molecule has 3 rings (SSSR count). The molecule has 1 fully saturated rings. The van der Waals surface area contributed by atoms with Gasteiger partial charge in [-0.2, -0.15) is 4.31 Å². The fourth-order valence-corrected chi connectivity index (χ4v) is 4.83. The van der Waals surface area contributed by atoms with E-state index in [-0.39, 0.29) is 10.8 Å². The molecule has 0 radical (unpaired) electrons. The van der Waals surface area contributed by atoms with Crippen molar-refractivity contribution in [3.8, 4) is 0 Å². The highest BCUT2D eigenvalue weighted by Gasteiger charge is 2.26. The van der Waals surface area contributed by atoms with Gasteiger partial charge in [0.2, 0.25) is 15.9 Å². The summed E-state index contributed by atoms with van der Waals surface area (Å²) in [7, 11) is -3.54. The Morgan fingerprint density at radius 3 is 2.29 bits per heavy atom. The number of rotatable bonds is 5. The van der Waals surface area contributed by atoms with Gasteiger partial charge in [0.15, 0.2) is 0 Å². The van der Waals surface area contributed by atoms with Gasteiger partial charge in [0.25, 0.3) is 0 Å². The van der Waals surface area contributed by atoms with Crippen molar-refractivity contribution in [3.63, 3.8) is 0 Å². The number of carbonyl (C=O) groups excluding carboxylic acids is 1. The maximum atomic E-state index is 13.0. The summed E-state index contributed by atoms with van der Waals surface area (Å²) in [5.41, 5.74) is 3.07. The SMILES string of the molecule is CC(=O)Nc1ccc(S(=O)(=O)N2CCCN(Cc3ccc(C)cc3)CC2)cc1. The predicted molar refractivity (Wildman–Crippen MR) is 111 cm³/mol. The van der Waals surface area contributed by atoms with Gasteiger partial charge in [0.1, 0.15) is 0 Å². The molecule has 0 saturated carbocycles. The van der Waals surface area contributed by atoms with Crippen molar-refractivity contribution in [2.75, 3.05) is 31.5 Å². The molecule has 0 unspecified atom stereocenters. The van der Waals surface area contributed by atoms with Crippen molar-refractivity contribution in [2.24, 2.45) is 0 Å². The first-order chi connectivity index (χ1) is 13.3. The zero-order valence-electron chi connectivity index (χ0n) is 16.4. The number of sulfonamides is 1. The van der Waals surface area contributed by atoms with E-state index in [2.05, 4.69) is 41.4 Å². The van der Waals surface area contributed by atoms with Gasteiger partial charge in [-0.05, 0) is 49.7 Å². The van der Waals surface area contributed by atoms with Crippen molar-refractivity contribution < 1.29 is 13.2 Å². The van der Waals surface area contributed by atoms with Crippen molar-refractivity contribution in [2.45, 2.75) is 31.7 Å². The van der Waals surface area contributed by atoms with Crippen molar-refractivity contribution in [1.29, 1.82) is 0 Å². The minimum atomic E-state index is -3.54. The lowest BCUT2D eigenvalue weighted by molar-refractivity contribution is -0.114. The summed E-state index contributed by atoms with van der Waals surface area (Å²) in [6.07, 6.45) is 0.801. The second-order valence-electron chi connectivity index (χ2n) is 7.22. The molecule has 6 nitrogen and oxygen atoms in total. The van der Waals surface area contributed by atoms with E-state index in [4.69, 9.17) is 0 Å². The van der Waals surface area contributed by atoms with Crippen LogP contribution in [0, 0.1) is 6.92 Å². The molecule has 1 heterocycles. The van der Waals surface area contributed by atoms with Crippen molar-refractivity contribution in [1.82, 2.24) is 9.21 Å². The first-order valence-electron chi connectivity index (χ1n) is 9.50. The van der Waals surface area contributed by atoms with Crippen LogP contribution in [0.1, 0.15) is 24.5 Å². The van der Waals surface area contributed by atoms with E-state index < -0.39 is 10.0 Å². The maximum absolute atomic E-state index is 13.0. The van der Waals surface area contributed by atoms with Crippen LogP contribution < -0.4 is 5.32 Å². The minimum absolute atomic E-state index is 0.184. The molecule has 28 heavy (non-hydrogen) atoms. The number of anilines is 1. The average Bonchev–Trinajstić information content (AvgIpc) is 2.90. The van der Waals surface area contributed by atoms with Crippen LogP contribution in [-0.4, -0.2) is 49.7 Å². The third-order valence-electron chi connectivity index (χ3n) is 4.89. The zero-order chi connectivity index (χ0) is 20.1. The molecular weight excluding hydrogens is 374 g/mol. The van der Waals surface area contributed by atoms with Crippen LogP contribution >= 0.6 is 0 Å². The molecule has 1 aliphatic rings. The average molecular weight is 402 g/mol. The van der Waals surface area contributed by atoms with Crippen LogP contribution in [0.15, 0.2) is 53.4 Å². The predicted octanol–water partition coefficient (Wildman–Crippen LogP) is 2.85. The molecule has 0 bridgehead atoms. The summed E-state index contributed by atoms with van der Waals surface area (Å²) in [6.45, 7) is 6.89. The quantitative estimate of drug-likeness (QED) is 0.836. The summed E-state index contributed by atoms with van der Waals surface area (Å²) < 4.78 is 27.6. The van der Waals surface area contributed by atoms with Crippen LogP contribution in [0.4, 0.5) is 5.69 Å². The fraction of sp³-hybridized carbons (Fsp3) is 0.381. The Hall–Kier alpha value is -2.22. The van der Waals surface area contributed by atoms with Crippen LogP contribution in [0.3, 0.4) is 0 Å². The van der Waals surface area contributed by atoms with E-state index in [1.54, 1.807) is 28.6 Å². The topological polar surface area (TPSA) is 69.7 Å². The Bertz CT molecular complexity index is 909. The van der Waals surface area contributed by atoms with Gasteiger partial charge in [-0.3, -0.25) is 9.69 Å². The lowest BCUT2D eigenvalue weighted by Crippen LogP contribution is -2.35. The number of aryl methyl sites for hydroxylation is 1. The molecule has 0 atom stereocenters. The monoisotopic (exact) mass is 401 g/mol. The summed E-state index contributed by atoms with van der Waals surface area (Å²) in [5, 5.41) is 2.65. The molecule has 150 valence electrons. The highest BCUT2D eigenvalue weighted by molar-refractivity contribution is 7.89. The Morgan fingerprint density at radius 1 is 0.964 bits per heavy atom. The summed E-state index contributed by atoms with van der Waals surface area (Å²) in [5.74, 6) is -0.184. The van der Waals surface area contributed by atoms with Gasteiger partial charge >= 0.3 is 0 Å². The van der Waals surface area contributed by atoms with E-state index in [9.17, 15) is 13.2 Å². The molecule has 1 N–H and O–H groups in total. The highest BCUT2D eigenvalue weighted by Crippen LogP contribution is 2.20. The smallest absolute Gasteiger partial charge is 0.243 e. The summed E-state index contributed by atoms with van der Waals surface area (Å²) >= 11 is 0. The van der Waals surface area contributed by atoms with Gasteiger partial charge in [0, 0.05) is 38.8 Å². The van der Waals surface area contributed by atoms with E-state index in [1.807, 2.05) is 0 Å². The zero-order valence-corrected chi connectivity index (χ0v) is 17.2. The number of hydrogen-bond acceptors (Lipinski definition) is 4. The third kappa shape index (κ3) is 5.19. The number of benzene rings is 2. The molecule has 0 spiro atoms. The van der Waals surface area contributed by atoms with Crippen molar-refractivity contribution >= 4 is 21.6 Å². The lowest BCUT2D eigenvalue weighted by Gasteiger charge is -2.22. The number of carbonyl (C=O) groups is 1. The molecular formula is C21H27N3O3S. The van der Waals surface area contributed by atoms with E-state index in [0.29, 0.717) is 25.3 Å². The van der Waals surface area contributed by atoms with E-state index in [0.717, 1.165) is 19.5 Å². The first kappa shape index (κ1) is 20.5. The Balaban J connectivity index is 1.65. The van der Waals surface area contributed by atoms with Gasteiger partial charge in [-0.15, -0.1) is 0 Å². The molecule has 2 aromatic carbocycles. The van der Waals surface area contributed by atoms with Gasteiger partial charge < -0.3 is 5.32 Å². The number of nitrogens with one attached hydrogen (secondary N) is 1. The summed E-state index contributed by atoms with van der Waals surface area (Å²) in [4.78, 5) is 13.7. The molecule has 0 aromatic heterocycles. The number of hydrogen-bond donors (Lipinski definition) is 1. The first-order valence-corrected chi connectivity index (χ1v) is 10.9. The van der Waals surface area contributed by atoms with Gasteiger partial charge in [0.05, 0.1) is 4.90 Å². The standard InChI is InChI=1S/C21H27N3O3S/c1-17-4-6-19(7-5-17)16-23-12-3-13-24(15-14-23)28(26,27)21-10-8-20(9-11-21)22-18(2)25/h4-11H,3,12-16H2,1-2H3,(H,22,25). The molecule has 0 aliphatic carbocycles. The van der Waals surface area contributed by atoms with Crippen LogP contribution in [0.25, 0.3) is 0 Å². The molecule has 1 amide bonds. The van der Waals surface area contributed by atoms with Crippen molar-refractivity contribution in [3.05, 3.63) is 59.7 Å². The summed E-state index contributed by atoms with van der Waals surface area (Å²) in [6, 6.07) is 14.8. The van der Waals surface area contributed by atoms with Gasteiger partial charge in [-0.25, -0.2) is 8.42 Å². The third-order valence-corrected chi connectivity index (χ3v) is 6.80. The molecule has 2 aromatic rings. The maximum Gasteiger partial charge on any atom is 0.243 e.